The number of aliphatic carboxylic acids is 1. The molecule has 104 valence electrons. The molecule has 0 aliphatic heterocycles. The molecule has 1 aromatic carbocycles. The van der Waals surface area contributed by atoms with Crippen LogP contribution in [0.2, 0.25) is 10.0 Å². The average molecular weight is 303 g/mol. The van der Waals surface area contributed by atoms with Gasteiger partial charge in [0.2, 0.25) is 0 Å². The summed E-state index contributed by atoms with van der Waals surface area (Å²) in [6.45, 7) is 2.03. The third-order valence-corrected chi connectivity index (χ3v) is 3.18. The molecule has 0 amide bonds. The third kappa shape index (κ3) is 4.44. The van der Waals surface area contributed by atoms with Crippen LogP contribution in [0.4, 0.5) is 0 Å². The molecule has 0 saturated carbocycles. The Hall–Kier alpha value is -1.19. The fourth-order valence-electron chi connectivity index (χ4n) is 1.78. The van der Waals surface area contributed by atoms with Crippen molar-refractivity contribution in [3.8, 4) is 5.75 Å². The van der Waals surface area contributed by atoms with Crippen molar-refractivity contribution in [3.63, 3.8) is 0 Å². The second-order valence-corrected chi connectivity index (χ2v) is 4.86. The summed E-state index contributed by atoms with van der Waals surface area (Å²) < 4.78 is 5.09. The van der Waals surface area contributed by atoms with Gasteiger partial charge in [-0.3, -0.25) is 4.79 Å². The molecule has 1 N–H and O–H groups in total. The average Bonchev–Trinajstić information content (AvgIpc) is 2.33. The Kier molecular flexibility index (Phi) is 6.19. The van der Waals surface area contributed by atoms with Gasteiger partial charge in [-0.25, -0.2) is 0 Å². The van der Waals surface area contributed by atoms with Gasteiger partial charge in [0.25, 0.3) is 0 Å². The quantitative estimate of drug-likeness (QED) is 0.831. The Morgan fingerprint density at radius 1 is 1.37 bits per heavy atom. The van der Waals surface area contributed by atoms with Crippen molar-refractivity contribution in [2.75, 3.05) is 7.11 Å². The van der Waals surface area contributed by atoms with Gasteiger partial charge in [0.1, 0.15) is 0 Å². The topological polar surface area (TPSA) is 46.5 Å². The summed E-state index contributed by atoms with van der Waals surface area (Å²) in [6, 6.07) is 3.49. The lowest BCUT2D eigenvalue weighted by molar-refractivity contribution is -0.135. The lowest BCUT2D eigenvalue weighted by Crippen LogP contribution is -1.94. The summed E-state index contributed by atoms with van der Waals surface area (Å²) in [6.07, 6.45) is 3.36. The van der Waals surface area contributed by atoms with E-state index in [2.05, 4.69) is 0 Å². The van der Waals surface area contributed by atoms with Crippen LogP contribution >= 0.6 is 23.2 Å². The van der Waals surface area contributed by atoms with Gasteiger partial charge in [0, 0.05) is 0 Å². The van der Waals surface area contributed by atoms with E-state index in [0.717, 1.165) is 24.0 Å². The van der Waals surface area contributed by atoms with Crippen LogP contribution in [0, 0.1) is 0 Å². The number of hydrogen-bond donors (Lipinski definition) is 1. The first kappa shape index (κ1) is 15.9. The number of benzene rings is 1. The second kappa shape index (κ2) is 7.41. The van der Waals surface area contributed by atoms with E-state index in [9.17, 15) is 4.79 Å². The number of ether oxygens (including phenoxy) is 1. The molecule has 3 nitrogen and oxygen atoms in total. The van der Waals surface area contributed by atoms with Crippen molar-refractivity contribution in [2.45, 2.75) is 26.2 Å². The predicted molar refractivity (Wildman–Crippen MR) is 78.2 cm³/mol. The Morgan fingerprint density at radius 3 is 2.37 bits per heavy atom. The minimum absolute atomic E-state index is 0.0173. The highest BCUT2D eigenvalue weighted by Gasteiger charge is 2.11. The summed E-state index contributed by atoms with van der Waals surface area (Å²) in [5.41, 5.74) is 1.76. The molecule has 0 saturated heterocycles. The molecule has 0 heterocycles. The van der Waals surface area contributed by atoms with E-state index in [1.807, 2.05) is 6.92 Å². The molecule has 0 radical (unpaired) electrons. The van der Waals surface area contributed by atoms with Gasteiger partial charge >= 0.3 is 5.97 Å². The molecule has 19 heavy (non-hydrogen) atoms. The van der Waals surface area contributed by atoms with E-state index in [1.54, 1.807) is 18.2 Å². The van der Waals surface area contributed by atoms with Gasteiger partial charge in [-0.15, -0.1) is 0 Å². The van der Waals surface area contributed by atoms with Crippen molar-refractivity contribution >= 4 is 34.7 Å². The normalized spacial score (nSPS) is 11.5. The molecule has 0 aromatic heterocycles. The van der Waals surface area contributed by atoms with E-state index in [1.165, 1.54) is 7.11 Å². The van der Waals surface area contributed by atoms with E-state index in [-0.39, 0.29) is 6.42 Å². The molecule has 0 unspecified atom stereocenters. The zero-order chi connectivity index (χ0) is 14.4. The zero-order valence-corrected chi connectivity index (χ0v) is 12.4. The molecule has 0 fully saturated rings. The van der Waals surface area contributed by atoms with Gasteiger partial charge < -0.3 is 9.84 Å². The highest BCUT2D eigenvalue weighted by Crippen LogP contribution is 2.36. The van der Waals surface area contributed by atoms with Crippen LogP contribution in [-0.4, -0.2) is 18.2 Å². The molecule has 0 aliphatic rings. The number of carboxylic acid groups (broad SMARTS) is 1. The van der Waals surface area contributed by atoms with E-state index in [0.29, 0.717) is 15.8 Å². The van der Waals surface area contributed by atoms with Crippen LogP contribution in [0.15, 0.2) is 18.2 Å². The summed E-state index contributed by atoms with van der Waals surface area (Å²) in [4.78, 5) is 10.7. The Bertz CT molecular complexity index is 472. The number of carbonyl (C=O) groups is 1. The molecule has 1 rings (SSSR count). The van der Waals surface area contributed by atoms with Crippen LogP contribution in [0.25, 0.3) is 5.57 Å². The predicted octanol–water partition coefficient (Wildman–Crippen LogP) is 4.66. The maximum Gasteiger partial charge on any atom is 0.307 e. The van der Waals surface area contributed by atoms with Crippen molar-refractivity contribution in [1.29, 1.82) is 0 Å². The van der Waals surface area contributed by atoms with E-state index < -0.39 is 5.97 Å². The van der Waals surface area contributed by atoms with Gasteiger partial charge in [-0.05, 0) is 29.7 Å². The van der Waals surface area contributed by atoms with Gasteiger partial charge in [-0.1, -0.05) is 42.6 Å². The fourth-order valence-corrected chi connectivity index (χ4v) is 2.43. The Balaban J connectivity index is 3.16. The van der Waals surface area contributed by atoms with E-state index >= 15 is 0 Å². The Labute approximate surface area is 122 Å². The number of rotatable bonds is 6. The molecule has 0 aliphatic carbocycles. The maximum absolute atomic E-state index is 10.7. The van der Waals surface area contributed by atoms with Crippen molar-refractivity contribution in [1.82, 2.24) is 0 Å². The molecule has 0 spiro atoms. The molecule has 1 aromatic rings. The van der Waals surface area contributed by atoms with Gasteiger partial charge in [0.15, 0.2) is 5.75 Å². The highest BCUT2D eigenvalue weighted by atomic mass is 35.5. The van der Waals surface area contributed by atoms with Crippen molar-refractivity contribution in [2.24, 2.45) is 0 Å². The lowest BCUT2D eigenvalue weighted by Gasteiger charge is -2.11. The first-order valence-electron chi connectivity index (χ1n) is 5.93. The second-order valence-electron chi connectivity index (χ2n) is 4.05. The molecular weight excluding hydrogens is 287 g/mol. The number of hydrogen-bond acceptors (Lipinski definition) is 2. The standard InChI is InChI=1S/C14H16Cl2O3/c1-3-4-9(5-6-13(17)18)10-7-11(15)14(19-2)12(16)8-10/h5,7-8H,3-4,6H2,1-2H3,(H,17,18)/b9-5+. The van der Waals surface area contributed by atoms with Crippen LogP contribution in [0.5, 0.6) is 5.75 Å². The number of carboxylic acids is 1. The molecule has 0 bridgehead atoms. The maximum atomic E-state index is 10.7. The van der Waals surface area contributed by atoms with Crippen molar-refractivity contribution in [3.05, 3.63) is 33.8 Å². The number of allylic oxidation sites excluding steroid dienone is 1. The minimum atomic E-state index is -0.862. The third-order valence-electron chi connectivity index (χ3n) is 2.62. The fraction of sp³-hybridized carbons (Fsp3) is 0.357. The summed E-state index contributed by atoms with van der Waals surface area (Å²) in [5, 5.41) is 9.59. The first-order valence-corrected chi connectivity index (χ1v) is 6.69. The van der Waals surface area contributed by atoms with E-state index in [4.69, 9.17) is 33.0 Å². The SMILES string of the molecule is CCC/C(=C\CC(=O)O)c1cc(Cl)c(OC)c(Cl)c1. The molecule has 0 atom stereocenters. The van der Waals surface area contributed by atoms with Crippen molar-refractivity contribution < 1.29 is 14.6 Å². The van der Waals surface area contributed by atoms with Crippen LogP contribution in [0.3, 0.4) is 0 Å². The number of methoxy groups -OCH3 is 1. The van der Waals surface area contributed by atoms with Gasteiger partial charge in [-0.2, -0.15) is 0 Å². The summed E-state index contributed by atoms with van der Waals surface area (Å²) in [7, 11) is 1.50. The summed E-state index contributed by atoms with van der Waals surface area (Å²) in [5.74, 6) is -0.430. The molecule has 5 heteroatoms. The lowest BCUT2D eigenvalue weighted by atomic mass is 10.00. The number of halogens is 2. The van der Waals surface area contributed by atoms with Crippen LogP contribution < -0.4 is 4.74 Å². The smallest absolute Gasteiger partial charge is 0.307 e. The van der Waals surface area contributed by atoms with Crippen LogP contribution in [0.1, 0.15) is 31.7 Å². The largest absolute Gasteiger partial charge is 0.494 e. The Morgan fingerprint density at radius 2 is 1.95 bits per heavy atom. The summed E-state index contributed by atoms with van der Waals surface area (Å²) >= 11 is 12.2. The van der Waals surface area contributed by atoms with Crippen LogP contribution in [-0.2, 0) is 4.79 Å². The first-order chi connectivity index (χ1) is 8.99. The van der Waals surface area contributed by atoms with Gasteiger partial charge in [0.05, 0.1) is 23.6 Å². The highest BCUT2D eigenvalue weighted by molar-refractivity contribution is 6.37. The monoisotopic (exact) mass is 302 g/mol. The zero-order valence-electron chi connectivity index (χ0n) is 10.9. The molecular formula is C14H16Cl2O3. The minimum Gasteiger partial charge on any atom is -0.494 e.